The predicted octanol–water partition coefficient (Wildman–Crippen LogP) is 0.178. The molecule has 1 aliphatic carbocycles. The van der Waals surface area contributed by atoms with Crippen molar-refractivity contribution in [1.82, 2.24) is 4.90 Å². The highest BCUT2D eigenvalue weighted by Crippen LogP contribution is 2.48. The first kappa shape index (κ1) is 14.1. The maximum atomic E-state index is 12.6. The fourth-order valence-corrected chi connectivity index (χ4v) is 3.68. The number of hydrogen-bond donors (Lipinski definition) is 1. The number of nitrogens with two attached hydrogens (primary N) is 1. The van der Waals surface area contributed by atoms with Crippen LogP contribution in [0.15, 0.2) is 29.2 Å². The largest absolute Gasteiger partial charge is 0.368 e. The van der Waals surface area contributed by atoms with Crippen LogP contribution in [0.5, 0.6) is 0 Å². The number of rotatable bonds is 3. The van der Waals surface area contributed by atoms with Crippen LogP contribution in [0.25, 0.3) is 0 Å². The van der Waals surface area contributed by atoms with Gasteiger partial charge in [-0.05, 0) is 37.0 Å². The molecule has 0 spiro atoms. The van der Waals surface area contributed by atoms with E-state index >= 15 is 0 Å². The average Bonchev–Trinajstić information content (AvgIpc) is 3.08. The SMILES string of the molecule is CS(=O)(=O)c1cccc(C(=O)N2C(C(N)=O)CC3CC32)c1. The first-order valence-electron chi connectivity index (χ1n) is 6.71. The van der Waals surface area contributed by atoms with Crippen LogP contribution in [-0.4, -0.2) is 43.5 Å². The number of primary amides is 1. The quantitative estimate of drug-likeness (QED) is 0.861. The standard InChI is InChI=1S/C14H16N2O4S/c1-21(19,20)10-4-2-3-8(5-10)14(18)16-11-6-9(11)7-12(16)13(15)17/h2-5,9,11-12H,6-7H2,1H3,(H2,15,17). The van der Waals surface area contributed by atoms with Crippen LogP contribution in [0, 0.1) is 5.92 Å². The monoisotopic (exact) mass is 308 g/mol. The molecule has 2 fully saturated rings. The van der Waals surface area contributed by atoms with Gasteiger partial charge in [0.1, 0.15) is 6.04 Å². The van der Waals surface area contributed by atoms with Gasteiger partial charge >= 0.3 is 0 Å². The van der Waals surface area contributed by atoms with Gasteiger partial charge in [0.25, 0.3) is 5.91 Å². The lowest BCUT2D eigenvalue weighted by molar-refractivity contribution is -0.122. The summed E-state index contributed by atoms with van der Waals surface area (Å²) in [4.78, 5) is 25.7. The number of benzene rings is 1. The average molecular weight is 308 g/mol. The third-order valence-corrected chi connectivity index (χ3v) is 5.29. The van der Waals surface area contributed by atoms with Crippen LogP contribution >= 0.6 is 0 Å². The van der Waals surface area contributed by atoms with E-state index in [1.165, 1.54) is 23.1 Å². The van der Waals surface area contributed by atoms with E-state index in [1.807, 2.05) is 0 Å². The molecule has 1 aliphatic heterocycles. The Labute approximate surface area is 122 Å². The summed E-state index contributed by atoms with van der Waals surface area (Å²) in [5.74, 6) is -0.478. The maximum absolute atomic E-state index is 12.6. The van der Waals surface area contributed by atoms with Crippen molar-refractivity contribution in [2.45, 2.75) is 29.8 Å². The number of likely N-dealkylation sites (tertiary alicyclic amines) is 1. The van der Waals surface area contributed by atoms with Gasteiger partial charge in [0.2, 0.25) is 5.91 Å². The molecule has 7 heteroatoms. The molecule has 1 saturated heterocycles. The second kappa shape index (κ2) is 4.56. The molecule has 6 nitrogen and oxygen atoms in total. The molecule has 0 bridgehead atoms. The Balaban J connectivity index is 1.93. The molecule has 3 atom stereocenters. The molecule has 112 valence electrons. The van der Waals surface area contributed by atoms with Crippen LogP contribution < -0.4 is 5.73 Å². The van der Waals surface area contributed by atoms with Crippen molar-refractivity contribution in [1.29, 1.82) is 0 Å². The number of carbonyl (C=O) groups is 2. The Morgan fingerprint density at radius 3 is 2.62 bits per heavy atom. The number of nitrogens with zero attached hydrogens (tertiary/aromatic N) is 1. The van der Waals surface area contributed by atoms with E-state index in [4.69, 9.17) is 5.73 Å². The van der Waals surface area contributed by atoms with Crippen LogP contribution in [0.2, 0.25) is 0 Å². The van der Waals surface area contributed by atoms with Crippen molar-refractivity contribution in [3.05, 3.63) is 29.8 Å². The minimum absolute atomic E-state index is 0.0666. The van der Waals surface area contributed by atoms with Gasteiger partial charge in [-0.1, -0.05) is 6.07 Å². The summed E-state index contributed by atoms with van der Waals surface area (Å²) in [6, 6.07) is 5.38. The van der Waals surface area contributed by atoms with E-state index in [0.29, 0.717) is 12.3 Å². The lowest BCUT2D eigenvalue weighted by Crippen LogP contribution is -2.46. The molecule has 1 aromatic carbocycles. The lowest BCUT2D eigenvalue weighted by atomic mass is 10.1. The summed E-state index contributed by atoms with van der Waals surface area (Å²) < 4.78 is 23.2. The van der Waals surface area contributed by atoms with Gasteiger partial charge in [0.05, 0.1) is 4.90 Å². The molecule has 1 aromatic rings. The molecule has 2 N–H and O–H groups in total. The Hall–Kier alpha value is -1.89. The molecular weight excluding hydrogens is 292 g/mol. The van der Waals surface area contributed by atoms with Crippen LogP contribution in [0.3, 0.4) is 0 Å². The van der Waals surface area contributed by atoms with Gasteiger partial charge in [-0.15, -0.1) is 0 Å². The van der Waals surface area contributed by atoms with Gasteiger partial charge in [-0.25, -0.2) is 8.42 Å². The molecule has 3 unspecified atom stereocenters. The van der Waals surface area contributed by atoms with E-state index in [2.05, 4.69) is 0 Å². The highest BCUT2D eigenvalue weighted by Gasteiger charge is 2.55. The smallest absolute Gasteiger partial charge is 0.254 e. The zero-order valence-electron chi connectivity index (χ0n) is 11.5. The van der Waals surface area contributed by atoms with Crippen molar-refractivity contribution in [2.24, 2.45) is 11.7 Å². The van der Waals surface area contributed by atoms with Crippen LogP contribution in [0.4, 0.5) is 0 Å². The summed E-state index contributed by atoms with van der Waals surface area (Å²) in [6.45, 7) is 0. The van der Waals surface area contributed by atoms with Gasteiger partial charge in [-0.2, -0.15) is 0 Å². The minimum Gasteiger partial charge on any atom is -0.368 e. The highest BCUT2D eigenvalue weighted by atomic mass is 32.2. The van der Waals surface area contributed by atoms with Crippen molar-refractivity contribution in [2.75, 3.05) is 6.26 Å². The summed E-state index contributed by atoms with van der Waals surface area (Å²) >= 11 is 0. The predicted molar refractivity (Wildman–Crippen MR) is 75.2 cm³/mol. The fourth-order valence-electron chi connectivity index (χ4n) is 3.01. The first-order chi connectivity index (χ1) is 9.79. The van der Waals surface area contributed by atoms with Crippen molar-refractivity contribution in [3.8, 4) is 0 Å². The van der Waals surface area contributed by atoms with E-state index in [0.717, 1.165) is 12.7 Å². The van der Waals surface area contributed by atoms with E-state index in [9.17, 15) is 18.0 Å². The molecule has 21 heavy (non-hydrogen) atoms. The molecule has 3 rings (SSSR count). The minimum atomic E-state index is -3.38. The number of piperidine rings is 1. The van der Waals surface area contributed by atoms with Crippen molar-refractivity contribution >= 4 is 21.7 Å². The number of sulfone groups is 1. The summed E-state index contributed by atoms with van der Waals surface area (Å²) in [6.07, 6.45) is 2.59. The Bertz CT molecular complexity index is 728. The zero-order valence-corrected chi connectivity index (χ0v) is 12.3. The molecule has 0 aromatic heterocycles. The van der Waals surface area contributed by atoms with Crippen molar-refractivity contribution < 1.29 is 18.0 Å². The van der Waals surface area contributed by atoms with E-state index in [1.54, 1.807) is 6.07 Å². The summed E-state index contributed by atoms with van der Waals surface area (Å²) in [5, 5.41) is 0. The van der Waals surface area contributed by atoms with Crippen LogP contribution in [-0.2, 0) is 14.6 Å². The normalized spacial score (nSPS) is 27.3. The highest BCUT2D eigenvalue weighted by molar-refractivity contribution is 7.90. The lowest BCUT2D eigenvalue weighted by Gasteiger charge is -2.25. The Morgan fingerprint density at radius 1 is 1.29 bits per heavy atom. The van der Waals surface area contributed by atoms with Gasteiger partial charge in [-0.3, -0.25) is 9.59 Å². The number of carbonyl (C=O) groups excluding carboxylic acids is 2. The van der Waals surface area contributed by atoms with E-state index < -0.39 is 21.8 Å². The molecule has 1 saturated carbocycles. The molecule has 1 heterocycles. The van der Waals surface area contributed by atoms with Gasteiger partial charge < -0.3 is 10.6 Å². The summed E-state index contributed by atoms with van der Waals surface area (Å²) in [5.41, 5.74) is 5.63. The van der Waals surface area contributed by atoms with Gasteiger partial charge in [0, 0.05) is 17.9 Å². The zero-order chi connectivity index (χ0) is 15.4. The second-order valence-corrected chi connectivity index (χ2v) is 7.75. The number of amides is 2. The Morgan fingerprint density at radius 2 is 2.00 bits per heavy atom. The third kappa shape index (κ3) is 2.42. The van der Waals surface area contributed by atoms with Gasteiger partial charge in [0.15, 0.2) is 9.84 Å². The maximum Gasteiger partial charge on any atom is 0.254 e. The Kier molecular flexibility index (Phi) is 3.05. The molecule has 2 amide bonds. The van der Waals surface area contributed by atoms with E-state index in [-0.39, 0.29) is 22.4 Å². The second-order valence-electron chi connectivity index (χ2n) is 5.73. The first-order valence-corrected chi connectivity index (χ1v) is 8.60. The van der Waals surface area contributed by atoms with Crippen LogP contribution in [0.1, 0.15) is 23.2 Å². The third-order valence-electron chi connectivity index (χ3n) is 4.18. The summed E-state index contributed by atoms with van der Waals surface area (Å²) in [7, 11) is -3.38. The molecule has 0 radical (unpaired) electrons. The fraction of sp³-hybridized carbons (Fsp3) is 0.429. The van der Waals surface area contributed by atoms with Crippen molar-refractivity contribution in [3.63, 3.8) is 0 Å². The number of hydrogen-bond acceptors (Lipinski definition) is 4. The molecular formula is C14H16N2O4S. The molecule has 2 aliphatic rings. The number of fused-ring (bicyclic) bond motifs is 1. The topological polar surface area (TPSA) is 97.5 Å².